The standard InChI is InChI=1S/C12H11ClO/c1-2-3-4-11-8-9-7-10(13)5-6-12(9)14-11/h3-8H,2H2,1H3/b4-3+. The van der Waals surface area contributed by atoms with Crippen molar-refractivity contribution in [3.63, 3.8) is 0 Å². The van der Waals surface area contributed by atoms with Crippen molar-refractivity contribution in [3.8, 4) is 0 Å². The molecule has 0 aliphatic rings. The minimum atomic E-state index is 0.740. The lowest BCUT2D eigenvalue weighted by Gasteiger charge is -1.87. The maximum absolute atomic E-state index is 5.87. The largest absolute Gasteiger partial charge is 0.457 e. The van der Waals surface area contributed by atoms with E-state index in [1.165, 1.54) is 0 Å². The molecule has 2 aromatic rings. The molecule has 0 unspecified atom stereocenters. The van der Waals surface area contributed by atoms with Crippen molar-refractivity contribution in [2.24, 2.45) is 0 Å². The summed E-state index contributed by atoms with van der Waals surface area (Å²) in [6.45, 7) is 2.09. The molecular formula is C12H11ClO. The van der Waals surface area contributed by atoms with E-state index in [9.17, 15) is 0 Å². The smallest absolute Gasteiger partial charge is 0.134 e. The van der Waals surface area contributed by atoms with Crippen LogP contribution < -0.4 is 0 Å². The molecule has 0 saturated carbocycles. The second-order valence-electron chi connectivity index (χ2n) is 3.14. The zero-order valence-electron chi connectivity index (χ0n) is 7.96. The molecule has 0 radical (unpaired) electrons. The Morgan fingerprint density at radius 3 is 3.00 bits per heavy atom. The Bertz CT molecular complexity index is 468. The van der Waals surface area contributed by atoms with E-state index in [2.05, 4.69) is 13.0 Å². The first-order valence-electron chi connectivity index (χ1n) is 4.65. The lowest BCUT2D eigenvalue weighted by molar-refractivity contribution is 0.604. The molecule has 2 rings (SSSR count). The Hall–Kier alpha value is -1.21. The van der Waals surface area contributed by atoms with Crippen LogP contribution in [0.2, 0.25) is 5.02 Å². The van der Waals surface area contributed by atoms with Crippen molar-refractivity contribution < 1.29 is 4.42 Å². The van der Waals surface area contributed by atoms with Crippen molar-refractivity contribution in [2.45, 2.75) is 13.3 Å². The summed E-state index contributed by atoms with van der Waals surface area (Å²) >= 11 is 5.87. The monoisotopic (exact) mass is 206 g/mol. The predicted octanol–water partition coefficient (Wildman–Crippen LogP) is 4.51. The van der Waals surface area contributed by atoms with Gasteiger partial charge in [0.15, 0.2) is 0 Å². The molecule has 1 aromatic heterocycles. The first kappa shape index (κ1) is 9.35. The van der Waals surface area contributed by atoms with E-state index in [-0.39, 0.29) is 0 Å². The van der Waals surface area contributed by atoms with Crippen LogP contribution >= 0.6 is 11.6 Å². The summed E-state index contributed by atoms with van der Waals surface area (Å²) < 4.78 is 5.58. The molecule has 1 aromatic carbocycles. The fourth-order valence-corrected chi connectivity index (χ4v) is 1.53. The highest BCUT2D eigenvalue weighted by Crippen LogP contribution is 2.23. The minimum Gasteiger partial charge on any atom is -0.457 e. The van der Waals surface area contributed by atoms with Crippen molar-refractivity contribution in [1.29, 1.82) is 0 Å². The van der Waals surface area contributed by atoms with Gasteiger partial charge >= 0.3 is 0 Å². The highest BCUT2D eigenvalue weighted by Gasteiger charge is 2.00. The fourth-order valence-electron chi connectivity index (χ4n) is 1.35. The van der Waals surface area contributed by atoms with Gasteiger partial charge in [0, 0.05) is 10.4 Å². The molecule has 0 aliphatic heterocycles. The molecule has 14 heavy (non-hydrogen) atoms. The number of hydrogen-bond donors (Lipinski definition) is 0. The van der Waals surface area contributed by atoms with Crippen LogP contribution in [-0.4, -0.2) is 0 Å². The van der Waals surface area contributed by atoms with Crippen LogP contribution in [0.1, 0.15) is 19.1 Å². The zero-order chi connectivity index (χ0) is 9.97. The van der Waals surface area contributed by atoms with E-state index in [1.807, 2.05) is 30.3 Å². The van der Waals surface area contributed by atoms with E-state index < -0.39 is 0 Å². The molecule has 0 atom stereocenters. The van der Waals surface area contributed by atoms with Crippen LogP contribution in [0.15, 0.2) is 34.8 Å². The third-order valence-electron chi connectivity index (χ3n) is 2.02. The summed E-state index contributed by atoms with van der Waals surface area (Å²) in [5, 5.41) is 1.79. The number of hydrogen-bond acceptors (Lipinski definition) is 1. The molecule has 0 bridgehead atoms. The molecule has 0 fully saturated rings. The first-order chi connectivity index (χ1) is 6.79. The average molecular weight is 207 g/mol. The molecule has 2 heteroatoms. The minimum absolute atomic E-state index is 0.740. The summed E-state index contributed by atoms with van der Waals surface area (Å²) in [4.78, 5) is 0. The van der Waals surface area contributed by atoms with Crippen molar-refractivity contribution >= 4 is 28.6 Å². The van der Waals surface area contributed by atoms with Crippen molar-refractivity contribution in [2.75, 3.05) is 0 Å². The van der Waals surface area contributed by atoms with Gasteiger partial charge in [-0.05, 0) is 36.8 Å². The Morgan fingerprint density at radius 1 is 1.36 bits per heavy atom. The molecule has 0 saturated heterocycles. The third-order valence-corrected chi connectivity index (χ3v) is 2.25. The van der Waals surface area contributed by atoms with Gasteiger partial charge in [-0.25, -0.2) is 0 Å². The molecule has 0 N–H and O–H groups in total. The molecular weight excluding hydrogens is 196 g/mol. The molecule has 0 aliphatic carbocycles. The van der Waals surface area contributed by atoms with Gasteiger partial charge in [-0.2, -0.15) is 0 Å². The summed E-state index contributed by atoms with van der Waals surface area (Å²) in [6.07, 6.45) is 5.06. The van der Waals surface area contributed by atoms with Crippen LogP contribution in [0.4, 0.5) is 0 Å². The van der Waals surface area contributed by atoms with Gasteiger partial charge < -0.3 is 4.42 Å². The number of rotatable bonds is 2. The fraction of sp³-hybridized carbons (Fsp3) is 0.167. The molecule has 72 valence electrons. The highest BCUT2D eigenvalue weighted by molar-refractivity contribution is 6.31. The molecule has 1 nitrogen and oxygen atoms in total. The van der Waals surface area contributed by atoms with Crippen LogP contribution in [0.25, 0.3) is 17.0 Å². The van der Waals surface area contributed by atoms with Gasteiger partial charge in [0.2, 0.25) is 0 Å². The van der Waals surface area contributed by atoms with Gasteiger partial charge in [-0.3, -0.25) is 0 Å². The van der Waals surface area contributed by atoms with E-state index in [1.54, 1.807) is 0 Å². The summed E-state index contributed by atoms with van der Waals surface area (Å²) in [6, 6.07) is 7.62. The van der Waals surface area contributed by atoms with Crippen LogP contribution in [0, 0.1) is 0 Å². The number of furan rings is 1. The Balaban J connectivity index is 2.46. The molecule has 0 spiro atoms. The van der Waals surface area contributed by atoms with Gasteiger partial charge in [-0.1, -0.05) is 24.6 Å². The van der Waals surface area contributed by atoms with Crippen LogP contribution in [0.5, 0.6) is 0 Å². The maximum atomic E-state index is 5.87. The lowest BCUT2D eigenvalue weighted by atomic mass is 10.2. The van der Waals surface area contributed by atoms with Gasteiger partial charge in [0.1, 0.15) is 11.3 Å². The second kappa shape index (κ2) is 3.89. The number of halogens is 1. The average Bonchev–Trinajstić information content (AvgIpc) is 2.56. The summed E-state index contributed by atoms with van der Waals surface area (Å²) in [5.74, 6) is 0.879. The first-order valence-corrected chi connectivity index (χ1v) is 5.03. The topological polar surface area (TPSA) is 13.1 Å². The SMILES string of the molecule is CC/C=C/c1cc2cc(Cl)ccc2o1. The Kier molecular flexibility index (Phi) is 2.60. The Morgan fingerprint density at radius 2 is 2.21 bits per heavy atom. The van der Waals surface area contributed by atoms with Gasteiger partial charge in [0.05, 0.1) is 0 Å². The normalized spacial score (nSPS) is 11.6. The zero-order valence-corrected chi connectivity index (χ0v) is 8.71. The predicted molar refractivity (Wildman–Crippen MR) is 60.5 cm³/mol. The number of fused-ring (bicyclic) bond motifs is 1. The van der Waals surface area contributed by atoms with Crippen molar-refractivity contribution in [1.82, 2.24) is 0 Å². The lowest BCUT2D eigenvalue weighted by Crippen LogP contribution is -1.62. The number of benzene rings is 1. The van der Waals surface area contributed by atoms with Crippen LogP contribution in [0.3, 0.4) is 0 Å². The second-order valence-corrected chi connectivity index (χ2v) is 3.58. The third kappa shape index (κ3) is 1.83. The van der Waals surface area contributed by atoms with Gasteiger partial charge in [-0.15, -0.1) is 0 Å². The molecule has 1 heterocycles. The van der Waals surface area contributed by atoms with E-state index in [0.29, 0.717) is 0 Å². The molecule has 0 amide bonds. The maximum Gasteiger partial charge on any atom is 0.134 e. The van der Waals surface area contributed by atoms with E-state index in [4.69, 9.17) is 16.0 Å². The van der Waals surface area contributed by atoms with E-state index in [0.717, 1.165) is 28.2 Å². The van der Waals surface area contributed by atoms with Crippen LogP contribution in [-0.2, 0) is 0 Å². The Labute approximate surface area is 88.0 Å². The summed E-state index contributed by atoms with van der Waals surface area (Å²) in [5.41, 5.74) is 0.880. The summed E-state index contributed by atoms with van der Waals surface area (Å²) in [7, 11) is 0. The number of allylic oxidation sites excluding steroid dienone is 1. The van der Waals surface area contributed by atoms with Gasteiger partial charge in [0.25, 0.3) is 0 Å². The quantitative estimate of drug-likeness (QED) is 0.705. The highest BCUT2D eigenvalue weighted by atomic mass is 35.5. The van der Waals surface area contributed by atoms with Crippen molar-refractivity contribution in [3.05, 3.63) is 41.1 Å². The van der Waals surface area contributed by atoms with E-state index >= 15 is 0 Å².